The quantitative estimate of drug-likeness (QED) is 0.664. The monoisotopic (exact) mass is 427 g/mol. The van der Waals surface area contributed by atoms with E-state index in [-0.39, 0.29) is 4.90 Å². The van der Waals surface area contributed by atoms with Crippen LogP contribution in [0.5, 0.6) is 11.5 Å². The smallest absolute Gasteiger partial charge is 0.238 e. The van der Waals surface area contributed by atoms with E-state index >= 15 is 0 Å². The van der Waals surface area contributed by atoms with Crippen LogP contribution in [0.3, 0.4) is 0 Å². The number of rotatable bonds is 4. The fraction of sp³-hybridized carbons (Fsp3) is 0.0909. The molecule has 0 radical (unpaired) electrons. The molecular formula is C22H18ClNO4S. The molecule has 0 fully saturated rings. The van der Waals surface area contributed by atoms with Gasteiger partial charge in [0.25, 0.3) is 0 Å². The van der Waals surface area contributed by atoms with Crippen molar-refractivity contribution in [1.29, 1.82) is 0 Å². The van der Waals surface area contributed by atoms with Crippen LogP contribution < -0.4 is 14.6 Å². The summed E-state index contributed by atoms with van der Waals surface area (Å²) in [6, 6.07) is 19.7. The van der Waals surface area contributed by atoms with Gasteiger partial charge in [-0.2, -0.15) is 0 Å². The second-order valence-corrected chi connectivity index (χ2v) is 8.58. The molecule has 5 nitrogen and oxygen atoms in total. The van der Waals surface area contributed by atoms with Gasteiger partial charge in [0.1, 0.15) is 17.3 Å². The van der Waals surface area contributed by atoms with Crippen molar-refractivity contribution in [2.45, 2.75) is 11.3 Å². The van der Waals surface area contributed by atoms with Crippen molar-refractivity contribution in [3.05, 3.63) is 88.4 Å². The summed E-state index contributed by atoms with van der Waals surface area (Å²) in [5.74, 6) is 1.98. The molecule has 0 amide bonds. The van der Waals surface area contributed by atoms with Crippen molar-refractivity contribution in [2.75, 3.05) is 7.11 Å². The Labute approximate surface area is 174 Å². The summed E-state index contributed by atoms with van der Waals surface area (Å²) in [5, 5.41) is 5.74. The summed E-state index contributed by atoms with van der Waals surface area (Å²) in [4.78, 5) is 0.0489. The standard InChI is InChI=1S/C22H18ClNO4S/c1-27-21-13-15(8-11-19(21)23)18-12-16-4-2-3-5-20(16)28-22(18)14-6-9-17(10-7-14)29(24,25)26/h2-11,13H,12H2,1H3,(H2,24,25,26). The molecule has 0 unspecified atom stereocenters. The molecule has 29 heavy (non-hydrogen) atoms. The third kappa shape index (κ3) is 3.87. The first-order chi connectivity index (χ1) is 13.9. The van der Waals surface area contributed by atoms with E-state index in [9.17, 15) is 8.42 Å². The summed E-state index contributed by atoms with van der Waals surface area (Å²) >= 11 is 6.19. The Kier molecular flexibility index (Phi) is 5.08. The van der Waals surface area contributed by atoms with Crippen molar-refractivity contribution >= 4 is 33.0 Å². The second kappa shape index (κ2) is 7.55. The summed E-state index contributed by atoms with van der Waals surface area (Å²) < 4.78 is 34.8. The molecule has 0 saturated heterocycles. The first kappa shape index (κ1) is 19.5. The Hall–Kier alpha value is -2.80. The fourth-order valence-corrected chi connectivity index (χ4v) is 4.01. The van der Waals surface area contributed by atoms with Crippen molar-refractivity contribution in [3.63, 3.8) is 0 Å². The van der Waals surface area contributed by atoms with E-state index in [0.717, 1.165) is 28.0 Å². The van der Waals surface area contributed by atoms with Crippen LogP contribution in [0.15, 0.2) is 71.6 Å². The Morgan fingerprint density at radius 3 is 2.38 bits per heavy atom. The van der Waals surface area contributed by atoms with Crippen LogP contribution in [0.2, 0.25) is 5.02 Å². The maximum Gasteiger partial charge on any atom is 0.238 e. The van der Waals surface area contributed by atoms with Gasteiger partial charge in [-0.3, -0.25) is 0 Å². The number of ether oxygens (including phenoxy) is 2. The van der Waals surface area contributed by atoms with Crippen LogP contribution in [0.1, 0.15) is 16.7 Å². The maximum absolute atomic E-state index is 11.6. The van der Waals surface area contributed by atoms with Gasteiger partial charge in [0.2, 0.25) is 10.0 Å². The van der Waals surface area contributed by atoms with Gasteiger partial charge in [0.15, 0.2) is 0 Å². The molecule has 4 rings (SSSR count). The van der Waals surface area contributed by atoms with Crippen LogP contribution in [0.4, 0.5) is 0 Å². The highest BCUT2D eigenvalue weighted by Gasteiger charge is 2.23. The van der Waals surface area contributed by atoms with E-state index in [0.29, 0.717) is 23.0 Å². The number of para-hydroxylation sites is 1. The lowest BCUT2D eigenvalue weighted by molar-refractivity contribution is 0.415. The van der Waals surface area contributed by atoms with Crippen LogP contribution in [0, 0.1) is 0 Å². The lowest BCUT2D eigenvalue weighted by atomic mass is 9.92. The third-order valence-corrected chi connectivity index (χ3v) is 6.01. The zero-order valence-electron chi connectivity index (χ0n) is 15.6. The molecule has 0 spiro atoms. The first-order valence-corrected chi connectivity index (χ1v) is 10.8. The van der Waals surface area contributed by atoms with E-state index in [1.165, 1.54) is 12.1 Å². The molecular weight excluding hydrogens is 410 g/mol. The van der Waals surface area contributed by atoms with E-state index < -0.39 is 10.0 Å². The Bertz CT molecular complexity index is 1220. The lowest BCUT2D eigenvalue weighted by Crippen LogP contribution is -2.13. The highest BCUT2D eigenvalue weighted by atomic mass is 35.5. The van der Waals surface area contributed by atoms with Gasteiger partial charge in [-0.25, -0.2) is 13.6 Å². The van der Waals surface area contributed by atoms with Crippen molar-refractivity contribution < 1.29 is 17.9 Å². The molecule has 7 heteroatoms. The average Bonchev–Trinajstić information content (AvgIpc) is 2.72. The zero-order valence-corrected chi connectivity index (χ0v) is 17.1. The molecule has 0 atom stereocenters. The van der Waals surface area contributed by atoms with Crippen molar-refractivity contribution in [2.24, 2.45) is 5.14 Å². The summed E-state index contributed by atoms with van der Waals surface area (Å²) in [5.41, 5.74) is 3.66. The molecule has 0 bridgehead atoms. The second-order valence-electron chi connectivity index (χ2n) is 6.61. The predicted octanol–water partition coefficient (Wildman–Crippen LogP) is 4.50. The van der Waals surface area contributed by atoms with Gasteiger partial charge in [-0.05, 0) is 53.6 Å². The Morgan fingerprint density at radius 2 is 1.69 bits per heavy atom. The van der Waals surface area contributed by atoms with Gasteiger partial charge < -0.3 is 9.47 Å². The normalized spacial score (nSPS) is 13.6. The zero-order chi connectivity index (χ0) is 20.6. The van der Waals surface area contributed by atoms with Crippen molar-refractivity contribution in [3.8, 4) is 11.5 Å². The number of methoxy groups -OCH3 is 1. The summed E-state index contributed by atoms with van der Waals surface area (Å²) in [6.07, 6.45) is 0.646. The van der Waals surface area contributed by atoms with E-state index in [4.69, 9.17) is 26.2 Å². The van der Waals surface area contributed by atoms with Gasteiger partial charge in [0.05, 0.1) is 17.0 Å². The molecule has 3 aromatic rings. The SMILES string of the molecule is COc1cc(C2=C(c3ccc(S(N)(=O)=O)cc3)Oc3ccccc3C2)ccc1Cl. The van der Waals surface area contributed by atoms with Gasteiger partial charge in [-0.1, -0.05) is 35.9 Å². The molecule has 1 aliphatic rings. The average molecular weight is 428 g/mol. The highest BCUT2D eigenvalue weighted by Crippen LogP contribution is 2.40. The van der Waals surface area contributed by atoms with Crippen LogP contribution in [0.25, 0.3) is 11.3 Å². The van der Waals surface area contributed by atoms with E-state index in [2.05, 4.69) is 0 Å². The lowest BCUT2D eigenvalue weighted by Gasteiger charge is -2.24. The van der Waals surface area contributed by atoms with Crippen LogP contribution in [-0.2, 0) is 16.4 Å². The minimum atomic E-state index is -3.77. The van der Waals surface area contributed by atoms with Gasteiger partial charge in [-0.15, -0.1) is 0 Å². The largest absolute Gasteiger partial charge is 0.495 e. The molecule has 0 aromatic heterocycles. The number of fused-ring (bicyclic) bond motifs is 1. The number of hydrogen-bond acceptors (Lipinski definition) is 4. The minimum absolute atomic E-state index is 0.0489. The molecule has 0 saturated carbocycles. The molecule has 3 aromatic carbocycles. The number of sulfonamides is 1. The first-order valence-electron chi connectivity index (χ1n) is 8.83. The topological polar surface area (TPSA) is 78.6 Å². The fourth-order valence-electron chi connectivity index (χ4n) is 3.30. The molecule has 2 N–H and O–H groups in total. The molecule has 1 heterocycles. The number of allylic oxidation sites excluding steroid dienone is 1. The number of hydrogen-bond donors (Lipinski definition) is 1. The van der Waals surface area contributed by atoms with Gasteiger partial charge in [0, 0.05) is 17.6 Å². The van der Waals surface area contributed by atoms with Crippen molar-refractivity contribution in [1.82, 2.24) is 0 Å². The molecule has 148 valence electrons. The summed E-state index contributed by atoms with van der Waals surface area (Å²) in [7, 11) is -2.20. The van der Waals surface area contributed by atoms with Crippen LogP contribution >= 0.6 is 11.6 Å². The number of nitrogens with two attached hydrogens (primary N) is 1. The Morgan fingerprint density at radius 1 is 1.00 bits per heavy atom. The highest BCUT2D eigenvalue weighted by molar-refractivity contribution is 7.89. The number of halogens is 1. The number of primary sulfonamides is 1. The molecule has 1 aliphatic heterocycles. The Balaban J connectivity index is 1.87. The maximum atomic E-state index is 11.6. The minimum Gasteiger partial charge on any atom is -0.495 e. The summed E-state index contributed by atoms with van der Waals surface area (Å²) in [6.45, 7) is 0. The van der Waals surface area contributed by atoms with E-state index in [1.54, 1.807) is 25.3 Å². The third-order valence-electron chi connectivity index (χ3n) is 4.77. The number of benzene rings is 3. The van der Waals surface area contributed by atoms with Gasteiger partial charge >= 0.3 is 0 Å². The molecule has 0 aliphatic carbocycles. The predicted molar refractivity (Wildman–Crippen MR) is 113 cm³/mol. The van der Waals surface area contributed by atoms with E-state index in [1.807, 2.05) is 36.4 Å². The van der Waals surface area contributed by atoms with Crippen LogP contribution in [-0.4, -0.2) is 15.5 Å².